The van der Waals surface area contributed by atoms with E-state index < -0.39 is 23.5 Å². The highest BCUT2D eigenvalue weighted by atomic mass is 19.4. The van der Waals surface area contributed by atoms with Crippen LogP contribution in [0.4, 0.5) is 17.6 Å². The Labute approximate surface area is 169 Å². The third-order valence-electron chi connectivity index (χ3n) is 4.95. The Morgan fingerprint density at radius 3 is 2.53 bits per heavy atom. The molecule has 3 aromatic rings. The number of benzene rings is 2. The molecule has 1 N–H and O–H groups in total. The quantitative estimate of drug-likeness (QED) is 0.598. The highest BCUT2D eigenvalue weighted by Gasteiger charge is 2.32. The van der Waals surface area contributed by atoms with Crippen LogP contribution in [-0.4, -0.2) is 25.8 Å². The minimum atomic E-state index is -4.65. The lowest BCUT2D eigenvalue weighted by Gasteiger charge is -2.08. The van der Waals surface area contributed by atoms with Gasteiger partial charge in [-0.25, -0.2) is 18.9 Å². The van der Waals surface area contributed by atoms with Gasteiger partial charge in [0.15, 0.2) is 5.82 Å². The maximum atomic E-state index is 13.7. The molecule has 2 aromatic carbocycles. The summed E-state index contributed by atoms with van der Waals surface area (Å²) >= 11 is 0. The van der Waals surface area contributed by atoms with Crippen LogP contribution >= 0.6 is 0 Å². The zero-order valence-corrected chi connectivity index (χ0v) is 15.9. The Hall–Kier alpha value is -3.23. The number of aromatic carboxylic acids is 1. The van der Waals surface area contributed by atoms with Gasteiger partial charge in [0.25, 0.3) is 0 Å². The van der Waals surface area contributed by atoms with Crippen LogP contribution in [0.5, 0.6) is 0 Å². The van der Waals surface area contributed by atoms with Gasteiger partial charge >= 0.3 is 12.1 Å². The molecule has 4 rings (SSSR count). The zero-order chi connectivity index (χ0) is 21.6. The second kappa shape index (κ2) is 7.23. The van der Waals surface area contributed by atoms with E-state index in [0.717, 1.165) is 25.0 Å². The molecular formula is C21H17F4N3O2. The van der Waals surface area contributed by atoms with Crippen LogP contribution < -0.4 is 0 Å². The van der Waals surface area contributed by atoms with Crippen LogP contribution in [-0.2, 0) is 12.6 Å². The van der Waals surface area contributed by atoms with Crippen molar-refractivity contribution in [3.05, 3.63) is 76.1 Å². The summed E-state index contributed by atoms with van der Waals surface area (Å²) in [5.41, 5.74) is 0.414. The van der Waals surface area contributed by atoms with E-state index in [4.69, 9.17) is 0 Å². The van der Waals surface area contributed by atoms with E-state index in [2.05, 4.69) is 10.1 Å². The summed E-state index contributed by atoms with van der Waals surface area (Å²) in [5, 5.41) is 13.6. The summed E-state index contributed by atoms with van der Waals surface area (Å²) < 4.78 is 54.2. The van der Waals surface area contributed by atoms with Crippen molar-refractivity contribution in [2.75, 3.05) is 0 Å². The molecule has 5 nitrogen and oxygen atoms in total. The minimum absolute atomic E-state index is 0.0558. The van der Waals surface area contributed by atoms with Crippen LogP contribution in [0.3, 0.4) is 0 Å². The summed E-state index contributed by atoms with van der Waals surface area (Å²) in [7, 11) is 0. The van der Waals surface area contributed by atoms with Crippen LogP contribution in [0.2, 0.25) is 0 Å². The number of hydrogen-bond acceptors (Lipinski definition) is 3. The Kier molecular flexibility index (Phi) is 4.83. The minimum Gasteiger partial charge on any atom is -0.478 e. The van der Waals surface area contributed by atoms with Gasteiger partial charge in [-0.2, -0.15) is 18.3 Å². The molecule has 1 saturated carbocycles. The SMILES string of the molecule is Cc1cc(-n2nc(Cc3cc(F)cc(C(F)(F)F)c3)nc2C2CC2)ccc1C(=O)O. The van der Waals surface area contributed by atoms with Crippen molar-refractivity contribution in [1.29, 1.82) is 0 Å². The molecular weight excluding hydrogens is 402 g/mol. The van der Waals surface area contributed by atoms with Gasteiger partial charge in [-0.3, -0.25) is 0 Å². The standard InChI is InChI=1S/C21H17F4N3O2/c1-11-6-16(4-5-17(11)20(29)30)28-19(13-2-3-13)26-18(27-28)9-12-7-14(21(23,24)25)10-15(22)8-12/h4-8,10,13H,2-3,9H2,1H3,(H,29,30). The summed E-state index contributed by atoms with van der Waals surface area (Å²) in [5.74, 6) is -0.881. The summed E-state index contributed by atoms with van der Waals surface area (Å²) in [6.07, 6.45) is -2.86. The van der Waals surface area contributed by atoms with Crippen molar-refractivity contribution in [3.8, 4) is 5.69 Å². The molecule has 1 heterocycles. The maximum absolute atomic E-state index is 13.7. The second-order valence-electron chi connectivity index (χ2n) is 7.40. The monoisotopic (exact) mass is 419 g/mol. The first kappa shape index (κ1) is 20.1. The summed E-state index contributed by atoms with van der Waals surface area (Å²) in [6.45, 7) is 1.67. The molecule has 0 radical (unpaired) electrons. The second-order valence-corrected chi connectivity index (χ2v) is 7.40. The van der Waals surface area contributed by atoms with Crippen molar-refractivity contribution >= 4 is 5.97 Å². The summed E-state index contributed by atoms with van der Waals surface area (Å²) in [4.78, 5) is 15.7. The molecule has 1 aromatic heterocycles. The third kappa shape index (κ3) is 4.05. The Bertz CT molecular complexity index is 1130. The highest BCUT2D eigenvalue weighted by Crippen LogP contribution is 2.40. The average molecular weight is 419 g/mol. The zero-order valence-electron chi connectivity index (χ0n) is 15.9. The van der Waals surface area contributed by atoms with Gasteiger partial charge in [0.05, 0.1) is 16.8 Å². The van der Waals surface area contributed by atoms with Crippen LogP contribution in [0.25, 0.3) is 5.69 Å². The molecule has 1 aliphatic rings. The molecule has 9 heteroatoms. The van der Waals surface area contributed by atoms with Gasteiger partial charge in [0, 0.05) is 12.3 Å². The number of carboxylic acid groups (broad SMARTS) is 1. The molecule has 0 saturated heterocycles. The van der Waals surface area contributed by atoms with Crippen molar-refractivity contribution in [3.63, 3.8) is 0 Å². The normalized spacial score (nSPS) is 14.2. The fraction of sp³-hybridized carbons (Fsp3) is 0.286. The predicted molar refractivity (Wildman–Crippen MR) is 99.2 cm³/mol. The van der Waals surface area contributed by atoms with E-state index in [1.165, 1.54) is 6.07 Å². The van der Waals surface area contributed by atoms with E-state index in [-0.39, 0.29) is 29.3 Å². The number of carboxylic acids is 1. The number of carbonyl (C=O) groups is 1. The first-order valence-corrected chi connectivity index (χ1v) is 9.28. The first-order valence-electron chi connectivity index (χ1n) is 9.28. The molecule has 0 spiro atoms. The number of alkyl halides is 3. The molecule has 0 bridgehead atoms. The fourth-order valence-corrected chi connectivity index (χ4v) is 3.36. The Morgan fingerprint density at radius 1 is 1.20 bits per heavy atom. The van der Waals surface area contributed by atoms with E-state index in [0.29, 0.717) is 23.1 Å². The fourth-order valence-electron chi connectivity index (χ4n) is 3.36. The van der Waals surface area contributed by atoms with Crippen LogP contribution in [0.1, 0.15) is 57.5 Å². The van der Waals surface area contributed by atoms with Crippen LogP contribution in [0.15, 0.2) is 36.4 Å². The molecule has 1 aliphatic carbocycles. The molecule has 0 atom stereocenters. The third-order valence-corrected chi connectivity index (χ3v) is 4.95. The van der Waals surface area contributed by atoms with Gasteiger partial charge in [-0.1, -0.05) is 0 Å². The van der Waals surface area contributed by atoms with Crippen molar-refractivity contribution in [2.24, 2.45) is 0 Å². The lowest BCUT2D eigenvalue weighted by molar-refractivity contribution is -0.137. The first-order chi connectivity index (χ1) is 14.1. The molecule has 156 valence electrons. The average Bonchev–Trinajstić information content (AvgIpc) is 3.41. The maximum Gasteiger partial charge on any atom is 0.416 e. The van der Waals surface area contributed by atoms with Gasteiger partial charge in [-0.15, -0.1) is 0 Å². The van der Waals surface area contributed by atoms with E-state index >= 15 is 0 Å². The van der Waals surface area contributed by atoms with Crippen molar-refractivity contribution in [1.82, 2.24) is 14.8 Å². The Morgan fingerprint density at radius 2 is 1.93 bits per heavy atom. The van der Waals surface area contributed by atoms with Gasteiger partial charge in [-0.05, 0) is 67.3 Å². The van der Waals surface area contributed by atoms with Gasteiger partial charge in [0.2, 0.25) is 0 Å². The smallest absolute Gasteiger partial charge is 0.416 e. The largest absolute Gasteiger partial charge is 0.478 e. The lowest BCUT2D eigenvalue weighted by atomic mass is 10.1. The Balaban J connectivity index is 1.70. The topological polar surface area (TPSA) is 68.0 Å². The predicted octanol–water partition coefficient (Wildman–Crippen LogP) is 4.90. The number of hydrogen-bond donors (Lipinski definition) is 1. The molecule has 0 amide bonds. The van der Waals surface area contributed by atoms with Crippen molar-refractivity contribution < 1.29 is 27.5 Å². The van der Waals surface area contributed by atoms with E-state index in [1.807, 2.05) is 0 Å². The van der Waals surface area contributed by atoms with E-state index in [1.54, 1.807) is 23.7 Å². The lowest BCUT2D eigenvalue weighted by Crippen LogP contribution is -2.07. The number of halogens is 4. The highest BCUT2D eigenvalue weighted by molar-refractivity contribution is 5.89. The van der Waals surface area contributed by atoms with E-state index in [9.17, 15) is 27.5 Å². The number of aryl methyl sites for hydroxylation is 1. The number of aromatic nitrogens is 3. The number of rotatable bonds is 5. The van der Waals surface area contributed by atoms with Crippen molar-refractivity contribution in [2.45, 2.75) is 38.3 Å². The van der Waals surface area contributed by atoms with Crippen LogP contribution in [0, 0.1) is 12.7 Å². The molecule has 1 fully saturated rings. The molecule has 0 unspecified atom stereocenters. The van der Waals surface area contributed by atoms with Gasteiger partial charge < -0.3 is 5.11 Å². The number of nitrogens with zero attached hydrogens (tertiary/aromatic N) is 3. The molecule has 0 aliphatic heterocycles. The van der Waals surface area contributed by atoms with Gasteiger partial charge in [0.1, 0.15) is 11.6 Å². The molecule has 30 heavy (non-hydrogen) atoms. The summed E-state index contributed by atoms with van der Waals surface area (Å²) in [6, 6.07) is 7.17.